The molecule has 2 aromatic carbocycles. The van der Waals surface area contributed by atoms with Gasteiger partial charge in [-0.25, -0.2) is 0 Å². The van der Waals surface area contributed by atoms with E-state index in [1.807, 2.05) is 18.2 Å². The Balaban J connectivity index is 1.60. The summed E-state index contributed by atoms with van der Waals surface area (Å²) >= 11 is 0. The third kappa shape index (κ3) is 3.35. The van der Waals surface area contributed by atoms with Gasteiger partial charge in [0, 0.05) is 37.3 Å². The first-order chi connectivity index (χ1) is 13.5. The van der Waals surface area contributed by atoms with Crippen LogP contribution in [-0.2, 0) is 10.4 Å². The fourth-order valence-corrected chi connectivity index (χ4v) is 3.97. The van der Waals surface area contributed by atoms with Crippen LogP contribution in [0.1, 0.15) is 22.3 Å². The number of fused-ring (bicyclic) bond motifs is 1. The third-order valence-corrected chi connectivity index (χ3v) is 5.69. The second kappa shape index (κ2) is 7.47. The molecule has 0 aromatic heterocycles. The molecule has 0 spiro atoms. The number of piperazine rings is 1. The Morgan fingerprint density at radius 1 is 1.00 bits per heavy atom. The minimum Gasteiger partial charge on any atom is -0.375 e. The van der Waals surface area contributed by atoms with Gasteiger partial charge in [-0.15, -0.1) is 0 Å². The number of para-hydroxylation sites is 1. The van der Waals surface area contributed by atoms with E-state index in [0.717, 1.165) is 26.2 Å². The van der Waals surface area contributed by atoms with Crippen LogP contribution >= 0.6 is 0 Å². The molecule has 0 aliphatic carbocycles. The normalized spacial score (nSPS) is 23.1. The smallest absolute Gasteiger partial charge is 0.265 e. The van der Waals surface area contributed by atoms with E-state index < -0.39 is 11.5 Å². The summed E-state index contributed by atoms with van der Waals surface area (Å²) < 4.78 is 0. The molecule has 0 bridgehead atoms. The number of rotatable bonds is 5. The number of hydrogen-bond acceptors (Lipinski definition) is 5. The maximum atomic E-state index is 13.3. The zero-order chi connectivity index (χ0) is 19.7. The van der Waals surface area contributed by atoms with Crippen molar-refractivity contribution in [3.63, 3.8) is 0 Å². The Bertz CT molecular complexity index is 878. The van der Waals surface area contributed by atoms with E-state index in [9.17, 15) is 14.7 Å². The first kappa shape index (κ1) is 18.8. The van der Waals surface area contributed by atoms with Crippen LogP contribution in [0.15, 0.2) is 54.6 Å². The number of carbonyl (C=O) groups is 2. The van der Waals surface area contributed by atoms with Gasteiger partial charge in [-0.2, -0.15) is 0 Å². The molecule has 146 valence electrons. The number of nitrogens with zero attached hydrogens (tertiary/aromatic N) is 3. The SMILES string of the molecule is CN1CCN(CN2C(=O)[C@@](O)(CC(=O)c3ccccc3)c3ccccc32)CC1. The Kier molecular flexibility index (Phi) is 5.02. The van der Waals surface area contributed by atoms with Crippen LogP contribution in [0.4, 0.5) is 5.69 Å². The quantitative estimate of drug-likeness (QED) is 0.801. The first-order valence-corrected chi connectivity index (χ1v) is 9.62. The molecule has 1 saturated heterocycles. The van der Waals surface area contributed by atoms with Crippen LogP contribution in [0.5, 0.6) is 0 Å². The molecule has 4 rings (SSSR count). The molecule has 6 nitrogen and oxygen atoms in total. The lowest BCUT2D eigenvalue weighted by atomic mass is 9.88. The van der Waals surface area contributed by atoms with E-state index in [1.165, 1.54) is 0 Å². The van der Waals surface area contributed by atoms with Gasteiger partial charge in [0.05, 0.1) is 18.8 Å². The summed E-state index contributed by atoms with van der Waals surface area (Å²) in [5.74, 6) is -0.662. The summed E-state index contributed by atoms with van der Waals surface area (Å²) in [7, 11) is 2.08. The molecule has 1 fully saturated rings. The summed E-state index contributed by atoms with van der Waals surface area (Å²) in [5.41, 5.74) is -0.122. The first-order valence-electron chi connectivity index (χ1n) is 9.62. The zero-order valence-electron chi connectivity index (χ0n) is 16.0. The molecule has 2 aliphatic rings. The van der Waals surface area contributed by atoms with E-state index in [0.29, 0.717) is 23.5 Å². The Hall–Kier alpha value is -2.54. The van der Waals surface area contributed by atoms with E-state index in [4.69, 9.17) is 0 Å². The number of amides is 1. The van der Waals surface area contributed by atoms with Gasteiger partial charge in [-0.05, 0) is 13.1 Å². The summed E-state index contributed by atoms with van der Waals surface area (Å²) in [6.45, 7) is 4.04. The van der Waals surface area contributed by atoms with Crippen LogP contribution in [0.2, 0.25) is 0 Å². The number of likely N-dealkylation sites (N-methyl/N-ethyl adjacent to an activating group) is 1. The lowest BCUT2D eigenvalue weighted by Gasteiger charge is -2.35. The van der Waals surface area contributed by atoms with Gasteiger partial charge >= 0.3 is 0 Å². The molecule has 0 unspecified atom stereocenters. The van der Waals surface area contributed by atoms with E-state index in [2.05, 4.69) is 16.8 Å². The summed E-state index contributed by atoms with van der Waals surface area (Å²) in [5, 5.41) is 11.3. The second-order valence-electron chi connectivity index (χ2n) is 7.64. The highest BCUT2D eigenvalue weighted by Gasteiger charge is 2.51. The van der Waals surface area contributed by atoms with Crippen molar-refractivity contribution in [2.24, 2.45) is 0 Å². The highest BCUT2D eigenvalue weighted by Crippen LogP contribution is 2.42. The van der Waals surface area contributed by atoms with Crippen molar-refractivity contribution in [2.45, 2.75) is 12.0 Å². The van der Waals surface area contributed by atoms with Gasteiger partial charge in [-0.1, -0.05) is 48.5 Å². The van der Waals surface area contributed by atoms with Crippen molar-refractivity contribution >= 4 is 17.4 Å². The summed E-state index contributed by atoms with van der Waals surface area (Å²) in [6.07, 6.45) is -0.258. The number of carbonyl (C=O) groups excluding carboxylic acids is 2. The van der Waals surface area contributed by atoms with Crippen LogP contribution in [0.25, 0.3) is 0 Å². The lowest BCUT2D eigenvalue weighted by molar-refractivity contribution is -0.136. The number of hydrogen-bond donors (Lipinski definition) is 1. The van der Waals surface area contributed by atoms with E-state index >= 15 is 0 Å². The largest absolute Gasteiger partial charge is 0.375 e. The van der Waals surface area contributed by atoms with Crippen molar-refractivity contribution in [3.05, 3.63) is 65.7 Å². The highest BCUT2D eigenvalue weighted by atomic mass is 16.3. The molecule has 1 amide bonds. The topological polar surface area (TPSA) is 64.1 Å². The van der Waals surface area contributed by atoms with E-state index in [-0.39, 0.29) is 12.2 Å². The third-order valence-electron chi connectivity index (χ3n) is 5.69. The van der Waals surface area contributed by atoms with Crippen LogP contribution in [-0.4, -0.2) is 66.5 Å². The van der Waals surface area contributed by atoms with Crippen molar-refractivity contribution in [1.82, 2.24) is 9.80 Å². The molecule has 1 atom stereocenters. The summed E-state index contributed by atoms with van der Waals surface area (Å²) in [4.78, 5) is 32.1. The highest BCUT2D eigenvalue weighted by molar-refractivity contribution is 6.10. The molecular weight excluding hydrogens is 354 g/mol. The summed E-state index contributed by atoms with van der Waals surface area (Å²) in [6, 6.07) is 16.0. The average Bonchev–Trinajstić information content (AvgIpc) is 2.92. The van der Waals surface area contributed by atoms with Gasteiger partial charge in [0.15, 0.2) is 11.4 Å². The van der Waals surface area contributed by atoms with Crippen LogP contribution in [0.3, 0.4) is 0 Å². The fourth-order valence-electron chi connectivity index (χ4n) is 3.97. The van der Waals surface area contributed by atoms with E-state index in [1.54, 1.807) is 41.3 Å². The van der Waals surface area contributed by atoms with Crippen molar-refractivity contribution in [3.8, 4) is 0 Å². The van der Waals surface area contributed by atoms with Crippen molar-refractivity contribution < 1.29 is 14.7 Å². The van der Waals surface area contributed by atoms with Gasteiger partial charge in [-0.3, -0.25) is 19.4 Å². The molecule has 2 heterocycles. The number of Topliss-reactive ketones (excluding diaryl/α,β-unsaturated/α-hetero) is 1. The molecule has 28 heavy (non-hydrogen) atoms. The van der Waals surface area contributed by atoms with Crippen LogP contribution < -0.4 is 4.90 Å². The zero-order valence-corrected chi connectivity index (χ0v) is 16.0. The average molecular weight is 379 g/mol. The van der Waals surface area contributed by atoms with Gasteiger partial charge in [0.25, 0.3) is 5.91 Å². The molecule has 0 radical (unpaired) electrons. The van der Waals surface area contributed by atoms with Gasteiger partial charge < -0.3 is 10.0 Å². The van der Waals surface area contributed by atoms with Gasteiger partial charge in [0.1, 0.15) is 0 Å². The predicted molar refractivity (Wildman–Crippen MR) is 107 cm³/mol. The van der Waals surface area contributed by atoms with Crippen molar-refractivity contribution in [2.75, 3.05) is 44.8 Å². The molecule has 2 aliphatic heterocycles. The Morgan fingerprint density at radius 2 is 1.64 bits per heavy atom. The predicted octanol–water partition coefficient (Wildman–Crippen LogP) is 1.70. The monoisotopic (exact) mass is 379 g/mol. The number of anilines is 1. The number of aliphatic hydroxyl groups is 1. The maximum absolute atomic E-state index is 13.3. The maximum Gasteiger partial charge on any atom is 0.265 e. The molecule has 2 aromatic rings. The second-order valence-corrected chi connectivity index (χ2v) is 7.64. The van der Waals surface area contributed by atoms with Crippen molar-refractivity contribution in [1.29, 1.82) is 0 Å². The molecule has 1 N–H and O–H groups in total. The fraction of sp³-hybridized carbons (Fsp3) is 0.364. The Labute approximate surface area is 165 Å². The number of benzene rings is 2. The Morgan fingerprint density at radius 3 is 2.36 bits per heavy atom. The molecule has 6 heteroatoms. The van der Waals surface area contributed by atoms with Gasteiger partial charge in [0.2, 0.25) is 0 Å². The lowest BCUT2D eigenvalue weighted by Crippen LogP contribution is -2.51. The minimum atomic E-state index is -1.82. The molecular formula is C22H25N3O3. The van der Waals surface area contributed by atoms with Crippen LogP contribution in [0, 0.1) is 0 Å². The number of ketones is 1. The minimum absolute atomic E-state index is 0.243. The standard InChI is InChI=1S/C22H25N3O3/c1-23-11-13-24(14-12-23)16-25-19-10-6-5-9-18(19)22(28,21(25)27)15-20(26)17-7-3-2-4-8-17/h2-10,28H,11-16H2,1H3/t22-/m1/s1. The molecule has 0 saturated carbocycles.